The van der Waals surface area contributed by atoms with Crippen LogP contribution in [0.2, 0.25) is 5.02 Å². The summed E-state index contributed by atoms with van der Waals surface area (Å²) in [5.41, 5.74) is 1.09. The number of halogens is 1. The fourth-order valence-electron chi connectivity index (χ4n) is 2.31. The summed E-state index contributed by atoms with van der Waals surface area (Å²) >= 11 is 6.08. The Balaban J connectivity index is 1.54. The van der Waals surface area contributed by atoms with Crippen LogP contribution in [-0.2, 0) is 16.1 Å². The summed E-state index contributed by atoms with van der Waals surface area (Å²) in [4.78, 5) is 25.5. The third-order valence-electron chi connectivity index (χ3n) is 3.66. The normalized spacial score (nSPS) is 10.4. The fraction of sp³-hybridized carbons (Fsp3) is 0.158. The van der Waals surface area contributed by atoms with E-state index in [4.69, 9.17) is 20.8 Å². The molecule has 0 fully saturated rings. The summed E-state index contributed by atoms with van der Waals surface area (Å²) in [7, 11) is 1.53. The summed E-state index contributed by atoms with van der Waals surface area (Å²) in [6.07, 6.45) is 0. The highest BCUT2D eigenvalue weighted by Crippen LogP contribution is 2.26. The van der Waals surface area contributed by atoms with Crippen LogP contribution in [0.25, 0.3) is 11.5 Å². The zero-order valence-corrected chi connectivity index (χ0v) is 15.2. The van der Waals surface area contributed by atoms with Crippen LogP contribution < -0.4 is 0 Å². The molecule has 0 unspecified atom stereocenters. The molecule has 27 heavy (non-hydrogen) atoms. The first-order valence-electron chi connectivity index (χ1n) is 8.08. The third kappa shape index (κ3) is 4.71. The van der Waals surface area contributed by atoms with Crippen molar-refractivity contribution < 1.29 is 18.7 Å². The number of likely N-dealkylation sites (N-methyl/N-ethyl adjacent to an activating group) is 1. The second-order valence-electron chi connectivity index (χ2n) is 5.67. The van der Waals surface area contributed by atoms with Crippen LogP contribution in [0.15, 0.2) is 59.0 Å². The van der Waals surface area contributed by atoms with E-state index in [0.717, 1.165) is 0 Å². The lowest BCUT2D eigenvalue weighted by molar-refractivity contribution is -0.146. The van der Waals surface area contributed by atoms with Crippen LogP contribution >= 0.6 is 11.6 Å². The van der Waals surface area contributed by atoms with E-state index in [0.29, 0.717) is 16.1 Å². The van der Waals surface area contributed by atoms with Gasteiger partial charge in [0.2, 0.25) is 5.89 Å². The van der Waals surface area contributed by atoms with Gasteiger partial charge in [-0.25, -0.2) is 0 Å². The lowest BCUT2D eigenvalue weighted by atomic mass is 10.2. The van der Waals surface area contributed by atoms with Gasteiger partial charge in [0.1, 0.15) is 6.54 Å². The molecule has 0 N–H and O–H groups in total. The van der Waals surface area contributed by atoms with E-state index in [1.807, 2.05) is 6.07 Å². The highest BCUT2D eigenvalue weighted by Gasteiger charge is 2.17. The number of aromatic nitrogens is 2. The van der Waals surface area contributed by atoms with Crippen molar-refractivity contribution in [2.45, 2.75) is 6.61 Å². The Morgan fingerprint density at radius 2 is 1.78 bits per heavy atom. The first kappa shape index (κ1) is 18.6. The number of rotatable bonds is 6. The molecule has 8 heteroatoms. The highest BCUT2D eigenvalue weighted by molar-refractivity contribution is 6.33. The maximum absolute atomic E-state index is 12.2. The van der Waals surface area contributed by atoms with Crippen LogP contribution in [0.4, 0.5) is 0 Å². The average molecular weight is 386 g/mol. The summed E-state index contributed by atoms with van der Waals surface area (Å²) in [5, 5.41) is 8.21. The van der Waals surface area contributed by atoms with Crippen LogP contribution in [-0.4, -0.2) is 40.6 Å². The Morgan fingerprint density at radius 3 is 2.52 bits per heavy atom. The molecule has 3 rings (SSSR count). The monoisotopic (exact) mass is 385 g/mol. The number of carbonyl (C=O) groups is 2. The van der Waals surface area contributed by atoms with Crippen LogP contribution in [0.5, 0.6) is 0 Å². The number of amides is 1. The van der Waals surface area contributed by atoms with Crippen molar-refractivity contribution in [3.8, 4) is 11.5 Å². The van der Waals surface area contributed by atoms with Gasteiger partial charge in [0.15, 0.2) is 6.61 Å². The topological polar surface area (TPSA) is 85.5 Å². The largest absolute Gasteiger partial charge is 0.454 e. The number of hydrogen-bond donors (Lipinski definition) is 0. The van der Waals surface area contributed by atoms with Gasteiger partial charge in [-0.3, -0.25) is 9.59 Å². The second kappa shape index (κ2) is 8.46. The van der Waals surface area contributed by atoms with Gasteiger partial charge in [-0.2, -0.15) is 0 Å². The Hall–Kier alpha value is -3.19. The van der Waals surface area contributed by atoms with Gasteiger partial charge in [-0.05, 0) is 24.3 Å². The molecule has 138 valence electrons. The number of benzene rings is 2. The lowest BCUT2D eigenvalue weighted by Crippen LogP contribution is -2.33. The van der Waals surface area contributed by atoms with Crippen molar-refractivity contribution >= 4 is 23.5 Å². The van der Waals surface area contributed by atoms with Crippen LogP contribution in [0.3, 0.4) is 0 Å². The van der Waals surface area contributed by atoms with Gasteiger partial charge in [0, 0.05) is 12.6 Å². The summed E-state index contributed by atoms with van der Waals surface area (Å²) in [5.74, 6) is -0.482. The van der Waals surface area contributed by atoms with E-state index in [-0.39, 0.29) is 30.8 Å². The van der Waals surface area contributed by atoms with E-state index >= 15 is 0 Å². The van der Waals surface area contributed by atoms with Gasteiger partial charge in [-0.15, -0.1) is 10.2 Å². The molecule has 0 bridgehead atoms. The molecule has 7 nitrogen and oxygen atoms in total. The van der Waals surface area contributed by atoms with Crippen molar-refractivity contribution in [3.05, 3.63) is 71.1 Å². The molecule has 0 aliphatic heterocycles. The minimum absolute atomic E-state index is 0.135. The molecular formula is C19H16ClN3O4. The van der Waals surface area contributed by atoms with E-state index in [2.05, 4.69) is 10.2 Å². The maximum atomic E-state index is 12.2. The van der Waals surface area contributed by atoms with Crippen molar-refractivity contribution in [1.82, 2.24) is 15.1 Å². The molecule has 0 spiro atoms. The van der Waals surface area contributed by atoms with E-state index in [1.165, 1.54) is 11.9 Å². The van der Waals surface area contributed by atoms with Gasteiger partial charge in [0.05, 0.1) is 10.6 Å². The van der Waals surface area contributed by atoms with Crippen molar-refractivity contribution in [2.75, 3.05) is 13.6 Å². The Kier molecular flexibility index (Phi) is 5.83. The predicted octanol–water partition coefficient (Wildman–Crippen LogP) is 3.21. The molecule has 0 aliphatic carbocycles. The number of ether oxygens (including phenoxy) is 1. The first-order chi connectivity index (χ1) is 13.0. The van der Waals surface area contributed by atoms with Crippen molar-refractivity contribution in [2.24, 2.45) is 0 Å². The van der Waals surface area contributed by atoms with Gasteiger partial charge in [0.25, 0.3) is 11.8 Å². The Morgan fingerprint density at radius 1 is 1.07 bits per heavy atom. The van der Waals surface area contributed by atoms with Gasteiger partial charge < -0.3 is 14.1 Å². The molecule has 1 heterocycles. The van der Waals surface area contributed by atoms with Crippen molar-refractivity contribution in [1.29, 1.82) is 0 Å². The molecule has 0 aliphatic rings. The number of carbonyl (C=O) groups excluding carboxylic acids is 2. The summed E-state index contributed by atoms with van der Waals surface area (Å²) in [6, 6.07) is 15.7. The van der Waals surface area contributed by atoms with Crippen LogP contribution in [0.1, 0.15) is 16.2 Å². The predicted molar refractivity (Wildman–Crippen MR) is 97.9 cm³/mol. The molecule has 2 aromatic carbocycles. The SMILES string of the molecule is CN(CC(=O)OCc1nnc(-c2ccccc2Cl)o1)C(=O)c1ccccc1. The summed E-state index contributed by atoms with van der Waals surface area (Å²) in [6.45, 7) is -0.386. The molecule has 0 radical (unpaired) electrons. The van der Waals surface area contributed by atoms with E-state index in [1.54, 1.807) is 48.5 Å². The number of hydrogen-bond acceptors (Lipinski definition) is 6. The highest BCUT2D eigenvalue weighted by atomic mass is 35.5. The zero-order chi connectivity index (χ0) is 19.2. The smallest absolute Gasteiger partial charge is 0.326 e. The molecule has 0 saturated heterocycles. The maximum Gasteiger partial charge on any atom is 0.326 e. The third-order valence-corrected chi connectivity index (χ3v) is 3.99. The number of nitrogens with zero attached hydrogens (tertiary/aromatic N) is 3. The van der Waals surface area contributed by atoms with E-state index in [9.17, 15) is 9.59 Å². The molecule has 0 atom stereocenters. The average Bonchev–Trinajstić information content (AvgIpc) is 3.15. The molecule has 1 aromatic heterocycles. The van der Waals surface area contributed by atoms with E-state index < -0.39 is 5.97 Å². The Bertz CT molecular complexity index is 943. The Labute approximate surface area is 160 Å². The quantitative estimate of drug-likeness (QED) is 0.606. The second-order valence-corrected chi connectivity index (χ2v) is 6.08. The van der Waals surface area contributed by atoms with Crippen LogP contribution in [0, 0.1) is 0 Å². The fourth-order valence-corrected chi connectivity index (χ4v) is 2.53. The summed E-state index contributed by atoms with van der Waals surface area (Å²) < 4.78 is 10.6. The van der Waals surface area contributed by atoms with Crippen molar-refractivity contribution in [3.63, 3.8) is 0 Å². The lowest BCUT2D eigenvalue weighted by Gasteiger charge is -2.15. The minimum Gasteiger partial charge on any atom is -0.454 e. The molecule has 0 saturated carbocycles. The molecule has 1 amide bonds. The first-order valence-corrected chi connectivity index (χ1v) is 8.46. The standard InChI is InChI=1S/C19H16ClN3O4/c1-23(19(25)13-7-3-2-4-8-13)11-17(24)26-12-16-21-22-18(27-16)14-9-5-6-10-15(14)20/h2-10H,11-12H2,1H3. The zero-order valence-electron chi connectivity index (χ0n) is 14.5. The van der Waals surface area contributed by atoms with Gasteiger partial charge >= 0.3 is 5.97 Å². The molecular weight excluding hydrogens is 370 g/mol. The molecule has 3 aromatic rings. The van der Waals surface area contributed by atoms with Gasteiger partial charge in [-0.1, -0.05) is 41.9 Å². The number of esters is 1. The minimum atomic E-state index is -0.584.